The van der Waals surface area contributed by atoms with Gasteiger partial charge in [-0.05, 0) is 47.4 Å². The number of nitrogens with zero attached hydrogens (tertiary/aromatic N) is 2. The Kier molecular flexibility index (Phi) is 5.12. The molecule has 0 fully saturated rings. The zero-order valence-electron chi connectivity index (χ0n) is 16.3. The van der Waals surface area contributed by atoms with Gasteiger partial charge in [0.05, 0.1) is 4.90 Å². The smallest absolute Gasteiger partial charge is 0.261 e. The van der Waals surface area contributed by atoms with Crippen molar-refractivity contribution in [3.63, 3.8) is 0 Å². The highest BCUT2D eigenvalue weighted by molar-refractivity contribution is 7.92. The van der Waals surface area contributed by atoms with Crippen LogP contribution in [0.25, 0.3) is 0 Å². The lowest BCUT2D eigenvalue weighted by Gasteiger charge is -2.19. The maximum atomic E-state index is 12.6. The summed E-state index contributed by atoms with van der Waals surface area (Å²) in [5.41, 5.74) is 1.83. The minimum atomic E-state index is -3.71. The normalized spacial score (nSPS) is 12.0. The van der Waals surface area contributed by atoms with E-state index in [-0.39, 0.29) is 16.1 Å². The van der Waals surface area contributed by atoms with E-state index in [2.05, 4.69) is 30.5 Å². The van der Waals surface area contributed by atoms with Crippen LogP contribution in [0.15, 0.2) is 65.8 Å². The molecule has 1 heterocycles. The molecule has 0 aliphatic carbocycles. The number of imidazole rings is 1. The molecular formula is C21H23N3O3S. The summed E-state index contributed by atoms with van der Waals surface area (Å²) < 4.78 is 29.4. The van der Waals surface area contributed by atoms with Gasteiger partial charge in [-0.15, -0.1) is 0 Å². The molecule has 0 saturated heterocycles. The van der Waals surface area contributed by atoms with E-state index in [0.717, 1.165) is 5.56 Å². The van der Waals surface area contributed by atoms with Crippen molar-refractivity contribution < 1.29 is 13.2 Å². The van der Waals surface area contributed by atoms with Gasteiger partial charge in [0.1, 0.15) is 0 Å². The molecule has 2 aromatic carbocycles. The molecule has 7 heteroatoms. The maximum absolute atomic E-state index is 12.6. The summed E-state index contributed by atoms with van der Waals surface area (Å²) in [5, 5.41) is 0. The van der Waals surface area contributed by atoms with Crippen LogP contribution < -0.4 is 4.72 Å². The Hall–Kier alpha value is -2.93. The zero-order chi connectivity index (χ0) is 20.5. The van der Waals surface area contributed by atoms with Gasteiger partial charge in [-0.1, -0.05) is 32.9 Å². The van der Waals surface area contributed by atoms with Crippen LogP contribution in [0.5, 0.6) is 0 Å². The molecule has 0 radical (unpaired) electrons. The molecule has 3 rings (SSSR count). The number of hydrogen-bond donors (Lipinski definition) is 1. The first-order valence-corrected chi connectivity index (χ1v) is 10.3. The fourth-order valence-corrected chi connectivity index (χ4v) is 3.81. The number of sulfonamides is 1. The summed E-state index contributed by atoms with van der Waals surface area (Å²) in [7, 11) is -1.97. The summed E-state index contributed by atoms with van der Waals surface area (Å²) in [6.45, 7) is 6.22. The largest absolute Gasteiger partial charge is 0.331 e. The Morgan fingerprint density at radius 2 is 1.61 bits per heavy atom. The van der Waals surface area contributed by atoms with Crippen molar-refractivity contribution in [1.29, 1.82) is 0 Å². The molecule has 0 atom stereocenters. The molecular weight excluding hydrogens is 374 g/mol. The Morgan fingerprint density at radius 3 is 2.11 bits per heavy atom. The van der Waals surface area contributed by atoms with Crippen molar-refractivity contribution >= 4 is 21.5 Å². The lowest BCUT2D eigenvalue weighted by Crippen LogP contribution is -2.15. The van der Waals surface area contributed by atoms with Gasteiger partial charge in [0.25, 0.3) is 10.0 Å². The monoisotopic (exact) mass is 397 g/mol. The van der Waals surface area contributed by atoms with Gasteiger partial charge in [0, 0.05) is 30.7 Å². The van der Waals surface area contributed by atoms with Crippen LogP contribution in [-0.4, -0.2) is 23.8 Å². The Morgan fingerprint density at radius 1 is 1.00 bits per heavy atom. The third kappa shape index (κ3) is 4.14. The number of benzene rings is 2. The van der Waals surface area contributed by atoms with Gasteiger partial charge in [-0.2, -0.15) is 0 Å². The van der Waals surface area contributed by atoms with Gasteiger partial charge in [0.15, 0.2) is 5.82 Å². The van der Waals surface area contributed by atoms with E-state index in [1.54, 1.807) is 60.4 Å². The molecule has 0 aliphatic rings. The Balaban J connectivity index is 1.78. The molecule has 0 unspecified atom stereocenters. The lowest BCUT2D eigenvalue weighted by atomic mass is 9.87. The van der Waals surface area contributed by atoms with Crippen molar-refractivity contribution in [2.75, 3.05) is 4.72 Å². The maximum Gasteiger partial charge on any atom is 0.261 e. The van der Waals surface area contributed by atoms with Crippen molar-refractivity contribution in [2.24, 2.45) is 7.05 Å². The third-order valence-corrected chi connectivity index (χ3v) is 5.85. The molecule has 0 bridgehead atoms. The van der Waals surface area contributed by atoms with Crippen molar-refractivity contribution in [1.82, 2.24) is 9.55 Å². The summed E-state index contributed by atoms with van der Waals surface area (Å²) in [5.74, 6) is 0.104. The number of carbonyl (C=O) groups excluding carboxylic acids is 1. The van der Waals surface area contributed by atoms with Crippen molar-refractivity contribution in [3.05, 3.63) is 77.9 Å². The molecule has 6 nitrogen and oxygen atoms in total. The summed E-state index contributed by atoms with van der Waals surface area (Å²) >= 11 is 0. The minimum absolute atomic E-state index is 0.0503. The Labute approximate surface area is 165 Å². The average molecular weight is 398 g/mol. The predicted molar refractivity (Wildman–Crippen MR) is 109 cm³/mol. The van der Waals surface area contributed by atoms with Gasteiger partial charge in [-0.3, -0.25) is 9.52 Å². The van der Waals surface area contributed by atoms with E-state index in [9.17, 15) is 13.2 Å². The second-order valence-corrected chi connectivity index (χ2v) is 9.33. The van der Waals surface area contributed by atoms with Crippen LogP contribution in [0, 0.1) is 0 Å². The first kappa shape index (κ1) is 19.8. The Bertz CT molecular complexity index is 1090. The average Bonchev–Trinajstić information content (AvgIpc) is 3.07. The number of hydrogen-bond acceptors (Lipinski definition) is 4. The van der Waals surface area contributed by atoms with E-state index >= 15 is 0 Å². The number of aromatic nitrogens is 2. The topological polar surface area (TPSA) is 81.1 Å². The number of rotatable bonds is 5. The number of carbonyl (C=O) groups is 1. The van der Waals surface area contributed by atoms with E-state index in [4.69, 9.17) is 0 Å². The fourth-order valence-electron chi connectivity index (χ4n) is 2.75. The lowest BCUT2D eigenvalue weighted by molar-refractivity contribution is 0.102. The van der Waals surface area contributed by atoms with Gasteiger partial charge < -0.3 is 4.57 Å². The molecule has 28 heavy (non-hydrogen) atoms. The SMILES string of the molecule is Cn1ccnc1C(=O)c1ccc(NS(=O)(=O)c2ccc(C(C)(C)C)cc2)cc1. The molecule has 3 aromatic rings. The molecule has 0 aliphatic heterocycles. The number of ketones is 1. The number of aryl methyl sites for hydroxylation is 1. The summed E-state index contributed by atoms with van der Waals surface area (Å²) in [6, 6.07) is 13.1. The van der Waals surface area contributed by atoms with Crippen molar-refractivity contribution in [2.45, 2.75) is 31.1 Å². The van der Waals surface area contributed by atoms with Crippen LogP contribution in [0.2, 0.25) is 0 Å². The van der Waals surface area contributed by atoms with E-state index < -0.39 is 10.0 Å². The quantitative estimate of drug-likeness (QED) is 0.665. The van der Waals surface area contributed by atoms with Crippen LogP contribution in [0.4, 0.5) is 5.69 Å². The van der Waals surface area contributed by atoms with Crippen LogP contribution in [-0.2, 0) is 22.5 Å². The van der Waals surface area contributed by atoms with Crippen LogP contribution in [0.3, 0.4) is 0 Å². The highest BCUT2D eigenvalue weighted by Crippen LogP contribution is 2.24. The van der Waals surface area contributed by atoms with Crippen LogP contribution >= 0.6 is 0 Å². The third-order valence-electron chi connectivity index (χ3n) is 4.45. The highest BCUT2D eigenvalue weighted by atomic mass is 32.2. The summed E-state index contributed by atoms with van der Waals surface area (Å²) in [4.78, 5) is 16.7. The van der Waals surface area contributed by atoms with E-state index in [1.165, 1.54) is 0 Å². The number of anilines is 1. The molecule has 1 aromatic heterocycles. The zero-order valence-corrected chi connectivity index (χ0v) is 17.1. The van der Waals surface area contributed by atoms with E-state index in [1.807, 2.05) is 12.1 Å². The van der Waals surface area contributed by atoms with Crippen LogP contribution in [0.1, 0.15) is 42.5 Å². The second kappa shape index (κ2) is 7.24. The first-order chi connectivity index (χ1) is 13.1. The van der Waals surface area contributed by atoms with Gasteiger partial charge in [-0.25, -0.2) is 13.4 Å². The molecule has 146 valence electrons. The minimum Gasteiger partial charge on any atom is -0.331 e. The van der Waals surface area contributed by atoms with Gasteiger partial charge >= 0.3 is 0 Å². The second-order valence-electron chi connectivity index (χ2n) is 7.65. The standard InChI is InChI=1S/C21H23N3O3S/c1-21(2,3)16-7-11-18(12-8-16)28(26,27)23-17-9-5-15(6-10-17)19(25)20-22-13-14-24(20)4/h5-14,23H,1-4H3. The molecule has 0 spiro atoms. The fraction of sp³-hybridized carbons (Fsp3) is 0.238. The molecule has 1 N–H and O–H groups in total. The number of nitrogens with one attached hydrogen (secondary N) is 1. The summed E-state index contributed by atoms with van der Waals surface area (Å²) in [6.07, 6.45) is 3.25. The van der Waals surface area contributed by atoms with Crippen molar-refractivity contribution in [3.8, 4) is 0 Å². The molecule has 0 saturated carbocycles. The highest BCUT2D eigenvalue weighted by Gasteiger charge is 2.18. The first-order valence-electron chi connectivity index (χ1n) is 8.83. The van der Waals surface area contributed by atoms with E-state index in [0.29, 0.717) is 17.1 Å². The predicted octanol–water partition coefficient (Wildman–Crippen LogP) is 3.75. The molecule has 0 amide bonds. The van der Waals surface area contributed by atoms with Gasteiger partial charge in [0.2, 0.25) is 5.78 Å².